The van der Waals surface area contributed by atoms with Crippen molar-refractivity contribution in [3.8, 4) is 5.75 Å². The van der Waals surface area contributed by atoms with Crippen molar-refractivity contribution >= 4 is 23.2 Å². The first-order valence-corrected chi connectivity index (χ1v) is 7.52. The molecule has 1 aromatic carbocycles. The molecule has 0 heterocycles. The molecule has 0 aliphatic heterocycles. The lowest BCUT2D eigenvalue weighted by Crippen LogP contribution is -2.35. The fourth-order valence-corrected chi connectivity index (χ4v) is 2.15. The summed E-state index contributed by atoms with van der Waals surface area (Å²) < 4.78 is 5.66. The SMILES string of the molecule is CCC(O)COc1c(Cl)cc(Cl)cc1CNC(C)(C)C. The Kier molecular flexibility index (Phi) is 6.59. The summed E-state index contributed by atoms with van der Waals surface area (Å²) in [4.78, 5) is 0. The van der Waals surface area contributed by atoms with Gasteiger partial charge in [-0.05, 0) is 39.3 Å². The van der Waals surface area contributed by atoms with E-state index in [0.29, 0.717) is 28.8 Å². The minimum Gasteiger partial charge on any atom is -0.489 e. The molecule has 3 nitrogen and oxygen atoms in total. The Labute approximate surface area is 131 Å². The van der Waals surface area contributed by atoms with E-state index in [9.17, 15) is 5.11 Å². The molecule has 1 rings (SSSR count). The number of aliphatic hydroxyl groups excluding tert-OH is 1. The van der Waals surface area contributed by atoms with Gasteiger partial charge in [-0.25, -0.2) is 0 Å². The summed E-state index contributed by atoms with van der Waals surface area (Å²) in [6, 6.07) is 3.48. The summed E-state index contributed by atoms with van der Waals surface area (Å²) in [5, 5.41) is 14.0. The van der Waals surface area contributed by atoms with Crippen molar-refractivity contribution in [3.05, 3.63) is 27.7 Å². The van der Waals surface area contributed by atoms with Crippen LogP contribution in [0, 0.1) is 0 Å². The van der Waals surface area contributed by atoms with Gasteiger partial charge in [-0.15, -0.1) is 0 Å². The Hall–Kier alpha value is -0.480. The Morgan fingerprint density at radius 1 is 1.30 bits per heavy atom. The van der Waals surface area contributed by atoms with Gasteiger partial charge in [0.05, 0.1) is 11.1 Å². The van der Waals surface area contributed by atoms with Gasteiger partial charge in [0.1, 0.15) is 12.4 Å². The molecule has 0 radical (unpaired) electrons. The maximum Gasteiger partial charge on any atom is 0.142 e. The highest BCUT2D eigenvalue weighted by atomic mass is 35.5. The van der Waals surface area contributed by atoms with Crippen molar-refractivity contribution in [3.63, 3.8) is 0 Å². The van der Waals surface area contributed by atoms with Crippen LogP contribution in [0.1, 0.15) is 39.7 Å². The van der Waals surface area contributed by atoms with Gasteiger partial charge in [-0.3, -0.25) is 0 Å². The van der Waals surface area contributed by atoms with Crippen LogP contribution in [0.3, 0.4) is 0 Å². The molecule has 1 unspecified atom stereocenters. The molecule has 0 aliphatic rings. The number of rotatable bonds is 6. The summed E-state index contributed by atoms with van der Waals surface area (Å²) in [7, 11) is 0. The second kappa shape index (κ2) is 7.51. The third kappa shape index (κ3) is 5.88. The highest BCUT2D eigenvalue weighted by molar-refractivity contribution is 6.35. The molecule has 114 valence electrons. The number of aliphatic hydroxyl groups is 1. The second-order valence-corrected chi connectivity index (χ2v) is 6.70. The number of nitrogens with one attached hydrogen (secondary N) is 1. The van der Waals surface area contributed by atoms with E-state index in [4.69, 9.17) is 27.9 Å². The van der Waals surface area contributed by atoms with Crippen LogP contribution in [0.15, 0.2) is 12.1 Å². The topological polar surface area (TPSA) is 41.5 Å². The quantitative estimate of drug-likeness (QED) is 0.831. The monoisotopic (exact) mass is 319 g/mol. The summed E-state index contributed by atoms with van der Waals surface area (Å²) in [5.74, 6) is 0.584. The van der Waals surface area contributed by atoms with Crippen LogP contribution >= 0.6 is 23.2 Å². The van der Waals surface area contributed by atoms with Crippen LogP contribution in [0.5, 0.6) is 5.75 Å². The van der Waals surface area contributed by atoms with Crippen molar-refractivity contribution in [2.45, 2.75) is 52.3 Å². The van der Waals surface area contributed by atoms with Gasteiger partial charge in [0, 0.05) is 22.7 Å². The molecule has 0 amide bonds. The first-order valence-electron chi connectivity index (χ1n) is 6.76. The summed E-state index contributed by atoms with van der Waals surface area (Å²) >= 11 is 12.2. The molecule has 0 fully saturated rings. The maximum absolute atomic E-state index is 9.60. The molecule has 0 saturated carbocycles. The standard InChI is InChI=1S/C15H23Cl2NO2/c1-5-12(19)9-20-14-10(8-18-15(2,3)4)6-11(16)7-13(14)17/h6-7,12,18-19H,5,8-9H2,1-4H3. The normalized spacial score (nSPS) is 13.3. The van der Waals surface area contributed by atoms with E-state index in [1.165, 1.54) is 0 Å². The maximum atomic E-state index is 9.60. The largest absolute Gasteiger partial charge is 0.489 e. The van der Waals surface area contributed by atoms with Crippen LogP contribution in [0.25, 0.3) is 0 Å². The Balaban J connectivity index is 2.89. The zero-order chi connectivity index (χ0) is 15.3. The Morgan fingerprint density at radius 2 is 1.95 bits per heavy atom. The highest BCUT2D eigenvalue weighted by Crippen LogP contribution is 2.33. The van der Waals surface area contributed by atoms with Crippen molar-refractivity contribution in [1.82, 2.24) is 5.32 Å². The van der Waals surface area contributed by atoms with E-state index >= 15 is 0 Å². The molecular weight excluding hydrogens is 297 g/mol. The average molecular weight is 320 g/mol. The van der Waals surface area contributed by atoms with Crippen molar-refractivity contribution in [2.75, 3.05) is 6.61 Å². The number of benzene rings is 1. The minimum absolute atomic E-state index is 0.0189. The third-order valence-electron chi connectivity index (χ3n) is 2.79. The molecule has 0 spiro atoms. The van der Waals surface area contributed by atoms with Crippen molar-refractivity contribution < 1.29 is 9.84 Å². The molecular formula is C15H23Cl2NO2. The number of hydrogen-bond acceptors (Lipinski definition) is 3. The molecule has 0 aliphatic carbocycles. The molecule has 0 saturated heterocycles. The van der Waals surface area contributed by atoms with Crippen molar-refractivity contribution in [2.24, 2.45) is 0 Å². The minimum atomic E-state index is -0.495. The van der Waals surface area contributed by atoms with Crippen LogP contribution in [-0.4, -0.2) is 23.4 Å². The van der Waals surface area contributed by atoms with Crippen LogP contribution in [0.4, 0.5) is 0 Å². The van der Waals surface area contributed by atoms with Crippen molar-refractivity contribution in [1.29, 1.82) is 0 Å². The summed E-state index contributed by atoms with van der Waals surface area (Å²) in [6.07, 6.45) is 0.144. The van der Waals surface area contributed by atoms with Gasteiger partial charge >= 0.3 is 0 Å². The third-order valence-corrected chi connectivity index (χ3v) is 3.28. The van der Waals surface area contributed by atoms with E-state index in [0.717, 1.165) is 5.56 Å². The van der Waals surface area contributed by atoms with E-state index < -0.39 is 6.10 Å². The molecule has 5 heteroatoms. The lowest BCUT2D eigenvalue weighted by Gasteiger charge is -2.22. The fourth-order valence-electron chi connectivity index (χ4n) is 1.56. The molecule has 2 N–H and O–H groups in total. The van der Waals surface area contributed by atoms with Crippen LogP contribution in [0.2, 0.25) is 10.0 Å². The van der Waals surface area contributed by atoms with E-state index in [-0.39, 0.29) is 12.1 Å². The Morgan fingerprint density at radius 3 is 2.50 bits per heavy atom. The van der Waals surface area contributed by atoms with Gasteiger partial charge in [0.15, 0.2) is 0 Å². The van der Waals surface area contributed by atoms with Crippen LogP contribution < -0.4 is 10.1 Å². The predicted octanol–water partition coefficient (Wildman–Crippen LogP) is 4.03. The Bertz CT molecular complexity index is 444. The number of ether oxygens (including phenoxy) is 1. The molecule has 0 aromatic heterocycles. The van der Waals surface area contributed by atoms with E-state index in [2.05, 4.69) is 26.1 Å². The van der Waals surface area contributed by atoms with Crippen LogP contribution in [-0.2, 0) is 6.54 Å². The zero-order valence-corrected chi connectivity index (χ0v) is 14.0. The fraction of sp³-hybridized carbons (Fsp3) is 0.600. The smallest absolute Gasteiger partial charge is 0.142 e. The molecule has 20 heavy (non-hydrogen) atoms. The van der Waals surface area contributed by atoms with E-state index in [1.54, 1.807) is 6.07 Å². The summed E-state index contributed by atoms with van der Waals surface area (Å²) in [5.41, 5.74) is 0.871. The number of halogens is 2. The summed E-state index contributed by atoms with van der Waals surface area (Å²) in [6.45, 7) is 8.98. The molecule has 1 atom stereocenters. The lowest BCUT2D eigenvalue weighted by molar-refractivity contribution is 0.104. The van der Waals surface area contributed by atoms with E-state index in [1.807, 2.05) is 13.0 Å². The first kappa shape index (κ1) is 17.6. The van der Waals surface area contributed by atoms with Gasteiger partial charge < -0.3 is 15.2 Å². The van der Waals surface area contributed by atoms with Gasteiger partial charge in [0.25, 0.3) is 0 Å². The first-order chi connectivity index (χ1) is 9.23. The predicted molar refractivity (Wildman–Crippen MR) is 84.8 cm³/mol. The molecule has 1 aromatic rings. The van der Waals surface area contributed by atoms with Gasteiger partial charge in [0.2, 0.25) is 0 Å². The average Bonchev–Trinajstić information content (AvgIpc) is 2.33. The zero-order valence-electron chi connectivity index (χ0n) is 12.5. The second-order valence-electron chi connectivity index (χ2n) is 5.85. The highest BCUT2D eigenvalue weighted by Gasteiger charge is 2.15. The van der Waals surface area contributed by atoms with Gasteiger partial charge in [-0.2, -0.15) is 0 Å². The number of hydrogen-bond donors (Lipinski definition) is 2. The van der Waals surface area contributed by atoms with Gasteiger partial charge in [-0.1, -0.05) is 30.1 Å². The lowest BCUT2D eigenvalue weighted by atomic mass is 10.1. The molecule has 0 bridgehead atoms.